The van der Waals surface area contributed by atoms with Gasteiger partial charge in [0.2, 0.25) is 0 Å². The van der Waals surface area contributed by atoms with Crippen LogP contribution in [-0.4, -0.2) is 118 Å². The number of piperidine rings is 1. The molecule has 9 atom stereocenters. The van der Waals surface area contributed by atoms with Gasteiger partial charge in [0, 0.05) is 67.7 Å². The normalized spacial score (nSPS) is 31.3. The van der Waals surface area contributed by atoms with E-state index in [1.807, 2.05) is 0 Å². The third kappa shape index (κ3) is 9.82. The number of Topliss-reactive ketones (excluding diaryl/α,β-unsaturated/α-hetero) is 1. The lowest BCUT2D eigenvalue weighted by molar-refractivity contribution is -0.160. The van der Waals surface area contributed by atoms with Crippen molar-refractivity contribution in [2.75, 3.05) is 38.7 Å². The molecule has 0 radical (unpaired) electrons. The second kappa shape index (κ2) is 19.7. The molecule has 0 saturated carbocycles. The number of methoxy groups -OCH3 is 1. The highest BCUT2D eigenvalue weighted by atomic mass is 16.7. The van der Waals surface area contributed by atoms with E-state index in [0.717, 1.165) is 32.1 Å². The molecule has 4 aliphatic rings. The summed E-state index contributed by atoms with van der Waals surface area (Å²) in [7, 11) is 1.43. The van der Waals surface area contributed by atoms with Crippen molar-refractivity contribution in [2.45, 2.75) is 105 Å². The number of aromatic hydroxyl groups is 3. The van der Waals surface area contributed by atoms with Crippen LogP contribution in [0.3, 0.4) is 0 Å². The summed E-state index contributed by atoms with van der Waals surface area (Å²) in [5, 5.41) is 64.4. The quantitative estimate of drug-likeness (QED) is 0.0499. The molecule has 334 valence electrons. The van der Waals surface area contributed by atoms with Crippen molar-refractivity contribution < 1.29 is 63.7 Å². The first-order valence-electron chi connectivity index (χ1n) is 20.8. The average Bonchev–Trinajstić information content (AvgIpc) is 3.50. The first-order chi connectivity index (χ1) is 28.8. The summed E-state index contributed by atoms with van der Waals surface area (Å²) < 4.78 is 23.6. The zero-order valence-corrected chi connectivity index (χ0v) is 36.4. The van der Waals surface area contributed by atoms with Crippen molar-refractivity contribution in [1.29, 1.82) is 0 Å². The van der Waals surface area contributed by atoms with E-state index in [0.29, 0.717) is 6.54 Å². The fourth-order valence-electron chi connectivity index (χ4n) is 8.37. The van der Waals surface area contributed by atoms with Crippen molar-refractivity contribution in [3.8, 4) is 23.0 Å². The van der Waals surface area contributed by atoms with Gasteiger partial charge in [-0.2, -0.15) is 0 Å². The van der Waals surface area contributed by atoms with E-state index in [4.69, 9.17) is 23.8 Å². The van der Waals surface area contributed by atoms with E-state index in [2.05, 4.69) is 15.4 Å². The number of oxime groups is 1. The van der Waals surface area contributed by atoms with Crippen LogP contribution in [0.1, 0.15) is 89.2 Å². The van der Waals surface area contributed by atoms with Crippen molar-refractivity contribution in [2.24, 2.45) is 28.8 Å². The number of amides is 1. The number of anilines is 1. The molecule has 4 aliphatic heterocycles. The van der Waals surface area contributed by atoms with Crippen LogP contribution >= 0.6 is 0 Å². The van der Waals surface area contributed by atoms with Gasteiger partial charge in [-0.15, -0.1) is 0 Å². The van der Waals surface area contributed by atoms with Gasteiger partial charge in [0.05, 0.1) is 53.0 Å². The van der Waals surface area contributed by atoms with Gasteiger partial charge in [-0.05, 0) is 45.9 Å². The van der Waals surface area contributed by atoms with Crippen LogP contribution in [0.4, 0.5) is 5.69 Å². The molecule has 1 amide bonds. The smallest absolute Gasteiger partial charge is 0.312 e. The number of phenolic OH excluding ortho intramolecular Hbond substituents is 3. The van der Waals surface area contributed by atoms with Gasteiger partial charge in [0.1, 0.15) is 30.0 Å². The number of likely N-dealkylation sites (tertiary alicyclic amines) is 1. The summed E-state index contributed by atoms with van der Waals surface area (Å²) in [4.78, 5) is 48.3. The zero-order chi connectivity index (χ0) is 44.9. The van der Waals surface area contributed by atoms with E-state index < -0.39 is 88.8 Å². The first kappa shape index (κ1) is 46.9. The Morgan fingerprint density at radius 2 is 1.66 bits per heavy atom. The van der Waals surface area contributed by atoms with Crippen LogP contribution in [0.15, 0.2) is 41.3 Å². The number of rotatable bonds is 7. The van der Waals surface area contributed by atoms with Crippen LogP contribution in [0.5, 0.6) is 23.0 Å². The van der Waals surface area contributed by atoms with Gasteiger partial charge in [-0.3, -0.25) is 19.3 Å². The molecular formula is C45H61N3O13. The predicted octanol–water partition coefficient (Wildman–Crippen LogP) is 5.59. The Morgan fingerprint density at radius 3 is 2.31 bits per heavy atom. The number of aliphatic hydroxyl groups excluding tert-OH is 2. The molecule has 0 aromatic heterocycles. The van der Waals surface area contributed by atoms with Gasteiger partial charge < -0.3 is 54.6 Å². The monoisotopic (exact) mass is 851 g/mol. The van der Waals surface area contributed by atoms with Crippen molar-refractivity contribution in [3.05, 3.63) is 52.8 Å². The summed E-state index contributed by atoms with van der Waals surface area (Å²) in [6.07, 6.45) is 7.96. The number of aliphatic hydroxyl groups is 2. The maximum absolute atomic E-state index is 14.4. The Labute approximate surface area is 356 Å². The number of ether oxygens (including phenoxy) is 4. The molecule has 2 aromatic rings. The lowest BCUT2D eigenvalue weighted by atomic mass is 9.78. The number of nitrogens with zero attached hydrogens (tertiary/aromatic N) is 2. The van der Waals surface area contributed by atoms with Crippen LogP contribution in [0, 0.1) is 30.6 Å². The van der Waals surface area contributed by atoms with Gasteiger partial charge in [-0.1, -0.05) is 57.5 Å². The topological polar surface area (TPSA) is 226 Å². The van der Waals surface area contributed by atoms with Crippen molar-refractivity contribution >= 4 is 40.3 Å². The highest BCUT2D eigenvalue weighted by Crippen LogP contribution is 2.55. The molecule has 9 unspecified atom stereocenters. The van der Waals surface area contributed by atoms with E-state index in [-0.39, 0.29) is 51.1 Å². The van der Waals surface area contributed by atoms with Crippen LogP contribution in [0.2, 0.25) is 0 Å². The summed E-state index contributed by atoms with van der Waals surface area (Å²) in [6.45, 7) is 15.2. The molecule has 6 N–H and O–H groups in total. The Kier molecular flexibility index (Phi) is 15.1. The third-order valence-electron chi connectivity index (χ3n) is 12.2. The predicted molar refractivity (Wildman–Crippen MR) is 228 cm³/mol. The lowest BCUT2D eigenvalue weighted by Gasteiger charge is -2.38. The van der Waals surface area contributed by atoms with Gasteiger partial charge in [0.25, 0.3) is 11.7 Å². The summed E-state index contributed by atoms with van der Waals surface area (Å²) >= 11 is 0. The molecule has 6 rings (SSSR count). The van der Waals surface area contributed by atoms with Crippen LogP contribution < -0.4 is 10.1 Å². The standard InChI is InChI=1S/C45H61N3O13/c1-23-14-13-15-24(2)44(56)47-35-30(22-46-59-21-19-48-17-11-10-12-18-48)39(53)32-33(40(35)54)38(52)28(6)42-34(32)43(55)45(8,61-42)58-20-16-31(57-9)25(3)41(60-29(7)49)27(5)37(51)26(4)36(23)50/h13-16,20,22-23,25-27,31,36-37,41,50-54H,10-12,17-19,21H2,1-9H3,(H,47,56)/b14-13+,20-16+,24-15+,46-22+. The van der Waals surface area contributed by atoms with Gasteiger partial charge in [0.15, 0.2) is 5.75 Å². The Morgan fingerprint density at radius 1 is 0.967 bits per heavy atom. The molecule has 16 heteroatoms. The molecule has 0 aliphatic carbocycles. The molecule has 4 heterocycles. The molecule has 0 spiro atoms. The fraction of sp³-hybridized carbons (Fsp3) is 0.556. The number of benzene rings is 2. The molecular weight excluding hydrogens is 791 g/mol. The first-order valence-corrected chi connectivity index (χ1v) is 20.8. The zero-order valence-electron chi connectivity index (χ0n) is 36.4. The largest absolute Gasteiger partial charge is 0.507 e. The number of esters is 1. The number of allylic oxidation sites excluding steroid dienone is 2. The van der Waals surface area contributed by atoms with E-state index in [1.165, 1.54) is 59.6 Å². The molecule has 1 fully saturated rings. The van der Waals surface area contributed by atoms with Gasteiger partial charge >= 0.3 is 11.8 Å². The molecule has 61 heavy (non-hydrogen) atoms. The number of hydrogen-bond donors (Lipinski definition) is 6. The average molecular weight is 852 g/mol. The number of carbonyl (C=O) groups is 3. The van der Waals surface area contributed by atoms with Gasteiger partial charge in [-0.25, -0.2) is 0 Å². The minimum absolute atomic E-state index is 0.0408. The van der Waals surface area contributed by atoms with Crippen LogP contribution in [0.25, 0.3) is 10.8 Å². The Hall–Kier alpha value is -5.16. The molecule has 5 bridgehead atoms. The second-order valence-corrected chi connectivity index (χ2v) is 16.6. The molecule has 2 aromatic carbocycles. The SMILES string of the molecule is COC1/C=C/OC2(C)Oc3c(C)c(O)c4c(O)c(c(/C=N/OCCN5CCCCC5)c(O)c4c3C2=O)NC(=O)/C(C)=C/C=C/C(C)C(O)C(C)C(O)C(C)C(OC(C)=O)C1C. The number of phenols is 3. The summed E-state index contributed by atoms with van der Waals surface area (Å²) in [6, 6.07) is 0. The number of carbonyl (C=O) groups excluding carboxylic acids is 3. The van der Waals surface area contributed by atoms with E-state index in [1.54, 1.807) is 39.8 Å². The van der Waals surface area contributed by atoms with E-state index in [9.17, 15) is 39.9 Å². The maximum Gasteiger partial charge on any atom is 0.312 e. The number of ketones is 1. The number of hydrogen-bond acceptors (Lipinski definition) is 15. The highest BCUT2D eigenvalue weighted by molar-refractivity contribution is 6.23. The second-order valence-electron chi connectivity index (χ2n) is 16.6. The minimum Gasteiger partial charge on any atom is -0.507 e. The lowest BCUT2D eigenvalue weighted by Crippen LogP contribution is -2.46. The summed E-state index contributed by atoms with van der Waals surface area (Å²) in [5.41, 5.74) is -0.555. The Bertz CT molecular complexity index is 2090. The number of nitrogens with one attached hydrogen (secondary N) is 1. The summed E-state index contributed by atoms with van der Waals surface area (Å²) in [5.74, 6) is -8.57. The maximum atomic E-state index is 14.4. The highest BCUT2D eigenvalue weighted by Gasteiger charge is 2.50. The Balaban J connectivity index is 1.65. The number of fused-ring (bicyclic) bond motifs is 14. The van der Waals surface area contributed by atoms with Crippen molar-refractivity contribution in [3.63, 3.8) is 0 Å². The third-order valence-corrected chi connectivity index (χ3v) is 12.2. The minimum atomic E-state index is -2.06. The van der Waals surface area contributed by atoms with Crippen molar-refractivity contribution in [1.82, 2.24) is 4.90 Å². The van der Waals surface area contributed by atoms with Crippen LogP contribution in [-0.2, 0) is 28.6 Å². The molecule has 1 saturated heterocycles. The fourth-order valence-corrected chi connectivity index (χ4v) is 8.37. The molecule has 16 nitrogen and oxygen atoms in total. The van der Waals surface area contributed by atoms with E-state index >= 15 is 0 Å².